The normalized spacial score (nSPS) is 16.9. The van der Waals surface area contributed by atoms with Crippen LogP contribution in [-0.2, 0) is 0 Å². The monoisotopic (exact) mass is 274 g/mol. The van der Waals surface area contributed by atoms with Gasteiger partial charge in [-0.3, -0.25) is 10.5 Å². The molecule has 1 fully saturated rings. The van der Waals surface area contributed by atoms with Gasteiger partial charge in [-0.05, 0) is 19.9 Å². The fourth-order valence-corrected chi connectivity index (χ4v) is 2.17. The summed E-state index contributed by atoms with van der Waals surface area (Å²) in [5.74, 6) is 1.31. The van der Waals surface area contributed by atoms with Crippen LogP contribution in [0.2, 0.25) is 0 Å². The van der Waals surface area contributed by atoms with Gasteiger partial charge in [0.2, 0.25) is 0 Å². The molecule has 0 radical (unpaired) electrons. The van der Waals surface area contributed by atoms with Crippen molar-refractivity contribution >= 4 is 23.4 Å². The lowest BCUT2D eigenvalue weighted by Gasteiger charge is -2.29. The number of allylic oxidation sites excluding steroid dienone is 1. The molecule has 0 unspecified atom stereocenters. The molecule has 1 aliphatic rings. The minimum atomic E-state index is 0.575. The topological polar surface area (TPSA) is 80.2 Å². The van der Waals surface area contributed by atoms with Crippen LogP contribution >= 0.6 is 0 Å². The van der Waals surface area contributed by atoms with Crippen LogP contribution in [0.25, 0.3) is 6.08 Å². The van der Waals surface area contributed by atoms with Gasteiger partial charge in [0.1, 0.15) is 5.84 Å². The number of aromatic nitrogens is 2. The van der Waals surface area contributed by atoms with Gasteiger partial charge in [-0.1, -0.05) is 6.08 Å². The van der Waals surface area contributed by atoms with E-state index in [0.29, 0.717) is 18.1 Å². The summed E-state index contributed by atoms with van der Waals surface area (Å²) in [6.07, 6.45) is 4.48. The van der Waals surface area contributed by atoms with Gasteiger partial charge in [-0.2, -0.15) is 5.10 Å². The third-order valence-corrected chi connectivity index (χ3v) is 3.16. The number of hydrogen-bond donors (Lipinski definition) is 3. The number of aliphatic imine (C=N–C) groups is 1. The standard InChI is InChI=1S/C14H22N6/c1-3-4-12-10-14(19-18-12)17-11(2)9-13(15)20-7-5-16-6-8-20/h3-4,10,15-16H,5-9H2,1-2H3,(H,18,19)/b4-3-,15-13?,17-11?. The molecule has 3 N–H and O–H groups in total. The van der Waals surface area contributed by atoms with E-state index in [2.05, 4.69) is 25.4 Å². The van der Waals surface area contributed by atoms with Crippen LogP contribution in [0.4, 0.5) is 5.82 Å². The van der Waals surface area contributed by atoms with Gasteiger partial charge in [0.15, 0.2) is 5.82 Å². The molecule has 0 spiro atoms. The zero-order chi connectivity index (χ0) is 14.4. The lowest BCUT2D eigenvalue weighted by atomic mass is 10.2. The van der Waals surface area contributed by atoms with Gasteiger partial charge < -0.3 is 10.2 Å². The first-order valence-corrected chi connectivity index (χ1v) is 6.94. The van der Waals surface area contributed by atoms with Gasteiger partial charge >= 0.3 is 0 Å². The summed E-state index contributed by atoms with van der Waals surface area (Å²) in [6.45, 7) is 7.61. The van der Waals surface area contributed by atoms with Crippen molar-refractivity contribution < 1.29 is 0 Å². The lowest BCUT2D eigenvalue weighted by molar-refractivity contribution is 0.352. The molecule has 108 valence electrons. The Hall–Kier alpha value is -1.95. The van der Waals surface area contributed by atoms with E-state index >= 15 is 0 Å². The predicted molar refractivity (Wildman–Crippen MR) is 82.9 cm³/mol. The average Bonchev–Trinajstić information content (AvgIpc) is 2.87. The highest BCUT2D eigenvalue weighted by molar-refractivity contribution is 6.01. The molecular formula is C14H22N6. The molecule has 0 atom stereocenters. The second-order valence-corrected chi connectivity index (χ2v) is 4.89. The predicted octanol–water partition coefficient (Wildman–Crippen LogP) is 1.81. The Bertz CT molecular complexity index is 507. The van der Waals surface area contributed by atoms with Gasteiger partial charge in [0, 0.05) is 44.4 Å². The Morgan fingerprint density at radius 1 is 1.50 bits per heavy atom. The Labute approximate surface area is 119 Å². The Morgan fingerprint density at radius 3 is 2.95 bits per heavy atom. The van der Waals surface area contributed by atoms with Gasteiger partial charge in [0.05, 0.1) is 5.69 Å². The molecule has 6 heteroatoms. The van der Waals surface area contributed by atoms with Crippen molar-refractivity contribution in [1.29, 1.82) is 5.41 Å². The molecule has 0 saturated carbocycles. The highest BCUT2D eigenvalue weighted by Crippen LogP contribution is 2.12. The molecule has 6 nitrogen and oxygen atoms in total. The minimum absolute atomic E-state index is 0.575. The second kappa shape index (κ2) is 7.00. The Balaban J connectivity index is 1.93. The molecule has 0 bridgehead atoms. The zero-order valence-electron chi connectivity index (χ0n) is 12.1. The van der Waals surface area contributed by atoms with E-state index in [1.165, 1.54) is 0 Å². The minimum Gasteiger partial charge on any atom is -0.358 e. The number of rotatable bonds is 4. The van der Waals surface area contributed by atoms with Crippen molar-refractivity contribution in [3.05, 3.63) is 17.8 Å². The average molecular weight is 274 g/mol. The Kier molecular flexibility index (Phi) is 5.06. The van der Waals surface area contributed by atoms with Crippen LogP contribution in [-0.4, -0.2) is 52.8 Å². The smallest absolute Gasteiger partial charge is 0.174 e. The van der Waals surface area contributed by atoms with Crippen LogP contribution < -0.4 is 5.32 Å². The number of nitrogens with one attached hydrogen (secondary N) is 3. The van der Waals surface area contributed by atoms with Crippen LogP contribution in [0.3, 0.4) is 0 Å². The number of amidine groups is 1. The molecule has 0 aromatic carbocycles. The van der Waals surface area contributed by atoms with Gasteiger partial charge in [0.25, 0.3) is 0 Å². The fraction of sp³-hybridized carbons (Fsp3) is 0.500. The highest BCUT2D eigenvalue weighted by atomic mass is 15.2. The second-order valence-electron chi connectivity index (χ2n) is 4.89. The van der Waals surface area contributed by atoms with Crippen molar-refractivity contribution in [2.24, 2.45) is 4.99 Å². The summed E-state index contributed by atoms with van der Waals surface area (Å²) in [4.78, 5) is 6.56. The largest absolute Gasteiger partial charge is 0.358 e. The molecule has 1 aromatic heterocycles. The summed E-state index contributed by atoms with van der Waals surface area (Å²) >= 11 is 0. The van der Waals surface area contributed by atoms with Crippen molar-refractivity contribution in [2.75, 3.05) is 26.2 Å². The maximum absolute atomic E-state index is 8.13. The van der Waals surface area contributed by atoms with E-state index in [0.717, 1.165) is 37.6 Å². The molecule has 0 amide bonds. The summed E-state index contributed by atoms with van der Waals surface area (Å²) in [5, 5.41) is 18.5. The van der Waals surface area contributed by atoms with E-state index in [-0.39, 0.29) is 0 Å². The molecule has 2 rings (SSSR count). The van der Waals surface area contributed by atoms with Crippen molar-refractivity contribution in [3.8, 4) is 0 Å². The van der Waals surface area contributed by atoms with Gasteiger partial charge in [-0.25, -0.2) is 4.99 Å². The van der Waals surface area contributed by atoms with Crippen LogP contribution in [0, 0.1) is 5.41 Å². The van der Waals surface area contributed by atoms with E-state index in [1.807, 2.05) is 32.1 Å². The van der Waals surface area contributed by atoms with Crippen LogP contribution in [0.15, 0.2) is 17.1 Å². The lowest BCUT2D eigenvalue weighted by Crippen LogP contribution is -2.46. The van der Waals surface area contributed by atoms with Crippen LogP contribution in [0.1, 0.15) is 26.0 Å². The number of hydrogen-bond acceptors (Lipinski definition) is 4. The molecule has 1 aliphatic heterocycles. The van der Waals surface area contributed by atoms with Crippen molar-refractivity contribution in [3.63, 3.8) is 0 Å². The van der Waals surface area contributed by atoms with E-state index in [1.54, 1.807) is 0 Å². The first-order valence-electron chi connectivity index (χ1n) is 6.94. The van der Waals surface area contributed by atoms with E-state index in [4.69, 9.17) is 5.41 Å². The molecular weight excluding hydrogens is 252 g/mol. The fourth-order valence-electron chi connectivity index (χ4n) is 2.17. The number of nitrogens with zero attached hydrogens (tertiary/aromatic N) is 3. The summed E-state index contributed by atoms with van der Waals surface area (Å²) in [7, 11) is 0. The number of piperazine rings is 1. The maximum atomic E-state index is 8.13. The molecule has 2 heterocycles. The summed E-state index contributed by atoms with van der Waals surface area (Å²) in [5.41, 5.74) is 1.85. The molecule has 1 saturated heterocycles. The van der Waals surface area contributed by atoms with Crippen LogP contribution in [0.5, 0.6) is 0 Å². The number of aromatic amines is 1. The first-order chi connectivity index (χ1) is 9.69. The van der Waals surface area contributed by atoms with Gasteiger partial charge in [-0.15, -0.1) is 0 Å². The Morgan fingerprint density at radius 2 is 2.25 bits per heavy atom. The molecule has 20 heavy (non-hydrogen) atoms. The zero-order valence-corrected chi connectivity index (χ0v) is 12.1. The van der Waals surface area contributed by atoms with E-state index in [9.17, 15) is 0 Å². The van der Waals surface area contributed by atoms with Crippen molar-refractivity contribution in [1.82, 2.24) is 20.4 Å². The summed E-state index contributed by atoms with van der Waals surface area (Å²) < 4.78 is 0. The maximum Gasteiger partial charge on any atom is 0.174 e. The quantitative estimate of drug-likeness (QED) is 0.578. The third kappa shape index (κ3) is 4.03. The molecule has 0 aliphatic carbocycles. The summed E-state index contributed by atoms with van der Waals surface area (Å²) in [6, 6.07) is 1.90. The molecule has 1 aromatic rings. The third-order valence-electron chi connectivity index (χ3n) is 3.16. The number of H-pyrrole nitrogens is 1. The van der Waals surface area contributed by atoms with E-state index < -0.39 is 0 Å². The highest BCUT2D eigenvalue weighted by Gasteiger charge is 2.13. The first kappa shape index (κ1) is 14.5. The SMILES string of the molecule is C/C=C\c1cc(N=C(C)CC(=N)N2CCNCC2)n[nH]1. The van der Waals surface area contributed by atoms with Crippen molar-refractivity contribution in [2.45, 2.75) is 20.3 Å².